The van der Waals surface area contributed by atoms with Crippen molar-refractivity contribution >= 4 is 15.9 Å². The number of aliphatic hydroxyl groups is 1. The topological polar surface area (TPSA) is 20.2 Å². The number of rotatable bonds is 2. The van der Waals surface area contributed by atoms with Crippen molar-refractivity contribution in [2.45, 2.75) is 13.0 Å². The number of hydrogen-bond acceptors (Lipinski definition) is 1. The van der Waals surface area contributed by atoms with Crippen LogP contribution in [-0.4, -0.2) is 5.11 Å². The molecule has 0 aliphatic heterocycles. The van der Waals surface area contributed by atoms with Gasteiger partial charge in [-0.25, -0.2) is 8.78 Å². The molecular formula is C14H11BrF2O. The van der Waals surface area contributed by atoms with Crippen LogP contribution in [0, 0.1) is 18.6 Å². The maximum Gasteiger partial charge on any atom is 0.132 e. The van der Waals surface area contributed by atoms with Crippen LogP contribution in [0.5, 0.6) is 0 Å². The zero-order valence-electron chi connectivity index (χ0n) is 9.62. The van der Waals surface area contributed by atoms with Crippen molar-refractivity contribution in [2.24, 2.45) is 0 Å². The van der Waals surface area contributed by atoms with Gasteiger partial charge < -0.3 is 5.11 Å². The lowest BCUT2D eigenvalue weighted by Gasteiger charge is -2.13. The van der Waals surface area contributed by atoms with Gasteiger partial charge in [-0.1, -0.05) is 34.1 Å². The van der Waals surface area contributed by atoms with Gasteiger partial charge in [-0.3, -0.25) is 0 Å². The zero-order valence-corrected chi connectivity index (χ0v) is 11.2. The average Bonchev–Trinajstić information content (AvgIpc) is 2.32. The van der Waals surface area contributed by atoms with Crippen LogP contribution in [-0.2, 0) is 0 Å². The zero-order chi connectivity index (χ0) is 13.3. The van der Waals surface area contributed by atoms with Crippen molar-refractivity contribution in [2.75, 3.05) is 0 Å². The number of hydrogen-bond donors (Lipinski definition) is 1. The van der Waals surface area contributed by atoms with E-state index >= 15 is 0 Å². The molecule has 0 saturated heterocycles. The van der Waals surface area contributed by atoms with E-state index in [9.17, 15) is 13.9 Å². The lowest BCUT2D eigenvalue weighted by atomic mass is 10.00. The predicted molar refractivity (Wildman–Crippen MR) is 69.3 cm³/mol. The van der Waals surface area contributed by atoms with Crippen LogP contribution in [0.2, 0.25) is 0 Å². The maximum absolute atomic E-state index is 13.6. The smallest absolute Gasteiger partial charge is 0.132 e. The third-order valence-corrected chi connectivity index (χ3v) is 3.62. The molecule has 0 aromatic heterocycles. The standard InChI is InChI=1S/C14H11BrF2O/c1-8-2-3-9(6-12(8)15)14(18)11-5-4-10(16)7-13(11)17/h2-7,14,18H,1H3. The maximum atomic E-state index is 13.6. The van der Waals surface area contributed by atoms with Crippen LogP contribution in [0.4, 0.5) is 8.78 Å². The van der Waals surface area contributed by atoms with Gasteiger partial charge in [0.25, 0.3) is 0 Å². The van der Waals surface area contributed by atoms with Crippen LogP contribution in [0.15, 0.2) is 40.9 Å². The number of halogens is 3. The van der Waals surface area contributed by atoms with Crippen molar-refractivity contribution in [1.82, 2.24) is 0 Å². The molecule has 1 nitrogen and oxygen atoms in total. The fourth-order valence-corrected chi connectivity index (χ4v) is 2.08. The Morgan fingerprint density at radius 3 is 2.44 bits per heavy atom. The summed E-state index contributed by atoms with van der Waals surface area (Å²) in [6.45, 7) is 1.92. The van der Waals surface area contributed by atoms with Crippen molar-refractivity contribution in [3.8, 4) is 0 Å². The van der Waals surface area contributed by atoms with Crippen molar-refractivity contribution in [1.29, 1.82) is 0 Å². The first-order chi connectivity index (χ1) is 8.49. The first kappa shape index (κ1) is 13.2. The Kier molecular flexibility index (Phi) is 3.78. The van der Waals surface area contributed by atoms with Crippen molar-refractivity contribution in [3.63, 3.8) is 0 Å². The highest BCUT2D eigenvalue weighted by Gasteiger charge is 2.16. The van der Waals surface area contributed by atoms with Gasteiger partial charge in [0.15, 0.2) is 0 Å². The van der Waals surface area contributed by atoms with Crippen LogP contribution < -0.4 is 0 Å². The molecule has 1 unspecified atom stereocenters. The summed E-state index contributed by atoms with van der Waals surface area (Å²) < 4.78 is 27.2. The molecule has 2 aromatic carbocycles. The van der Waals surface area contributed by atoms with Crippen molar-refractivity contribution in [3.05, 3.63) is 69.2 Å². The van der Waals surface area contributed by atoms with E-state index in [1.807, 2.05) is 13.0 Å². The summed E-state index contributed by atoms with van der Waals surface area (Å²) in [5.74, 6) is -1.41. The molecule has 0 spiro atoms. The van der Waals surface area contributed by atoms with Gasteiger partial charge in [-0.15, -0.1) is 0 Å². The molecule has 18 heavy (non-hydrogen) atoms. The molecule has 0 aliphatic rings. The Bertz CT molecular complexity index is 584. The minimum absolute atomic E-state index is 0.0622. The molecule has 1 atom stereocenters. The highest BCUT2D eigenvalue weighted by molar-refractivity contribution is 9.10. The van der Waals surface area contributed by atoms with Gasteiger partial charge in [0.1, 0.15) is 17.7 Å². The Morgan fingerprint density at radius 1 is 1.11 bits per heavy atom. The average molecular weight is 313 g/mol. The molecule has 0 saturated carbocycles. The third-order valence-electron chi connectivity index (χ3n) is 2.77. The summed E-state index contributed by atoms with van der Waals surface area (Å²) in [5, 5.41) is 10.1. The number of aryl methyl sites for hydroxylation is 1. The molecule has 0 amide bonds. The molecule has 94 valence electrons. The monoisotopic (exact) mass is 312 g/mol. The highest BCUT2D eigenvalue weighted by atomic mass is 79.9. The summed E-state index contributed by atoms with van der Waals surface area (Å²) in [7, 11) is 0. The highest BCUT2D eigenvalue weighted by Crippen LogP contribution is 2.28. The summed E-state index contributed by atoms with van der Waals surface area (Å²) >= 11 is 3.35. The van der Waals surface area contributed by atoms with E-state index in [0.29, 0.717) is 5.56 Å². The first-order valence-corrected chi connectivity index (χ1v) is 6.17. The van der Waals surface area contributed by atoms with E-state index in [1.54, 1.807) is 12.1 Å². The first-order valence-electron chi connectivity index (χ1n) is 5.38. The van der Waals surface area contributed by atoms with Gasteiger partial charge in [0.05, 0.1) is 0 Å². The van der Waals surface area contributed by atoms with Crippen LogP contribution in [0.25, 0.3) is 0 Å². The van der Waals surface area contributed by atoms with Gasteiger partial charge in [0, 0.05) is 16.1 Å². The lowest BCUT2D eigenvalue weighted by Crippen LogP contribution is -2.03. The molecular weight excluding hydrogens is 302 g/mol. The summed E-state index contributed by atoms with van der Waals surface area (Å²) in [4.78, 5) is 0. The second-order valence-corrected chi connectivity index (χ2v) is 4.93. The molecule has 2 rings (SSSR count). The molecule has 0 aliphatic carbocycles. The summed E-state index contributed by atoms with van der Waals surface area (Å²) in [6, 6.07) is 8.41. The molecule has 0 fully saturated rings. The second kappa shape index (κ2) is 5.16. The van der Waals surface area contributed by atoms with Gasteiger partial charge >= 0.3 is 0 Å². The number of aliphatic hydroxyl groups excluding tert-OH is 1. The molecule has 2 aromatic rings. The summed E-state index contributed by atoms with van der Waals surface area (Å²) in [5.41, 5.74) is 1.63. The van der Waals surface area contributed by atoms with E-state index in [2.05, 4.69) is 15.9 Å². The minimum atomic E-state index is -1.11. The van der Waals surface area contributed by atoms with E-state index in [0.717, 1.165) is 22.2 Å². The minimum Gasteiger partial charge on any atom is -0.384 e. The van der Waals surface area contributed by atoms with Crippen LogP contribution in [0.3, 0.4) is 0 Å². The van der Waals surface area contributed by atoms with E-state index in [-0.39, 0.29) is 5.56 Å². The van der Waals surface area contributed by atoms with Gasteiger partial charge in [-0.2, -0.15) is 0 Å². The van der Waals surface area contributed by atoms with Crippen molar-refractivity contribution < 1.29 is 13.9 Å². The lowest BCUT2D eigenvalue weighted by molar-refractivity contribution is 0.214. The Balaban J connectivity index is 2.41. The van der Waals surface area contributed by atoms with Gasteiger partial charge in [-0.05, 0) is 30.2 Å². The van der Waals surface area contributed by atoms with Crippen LogP contribution >= 0.6 is 15.9 Å². The largest absolute Gasteiger partial charge is 0.384 e. The predicted octanol–water partition coefficient (Wildman–Crippen LogP) is 4.12. The Morgan fingerprint density at radius 2 is 1.83 bits per heavy atom. The molecule has 0 bridgehead atoms. The second-order valence-electron chi connectivity index (χ2n) is 4.08. The number of benzene rings is 2. The third kappa shape index (κ3) is 2.60. The molecule has 4 heteroatoms. The van der Waals surface area contributed by atoms with E-state index < -0.39 is 17.7 Å². The fraction of sp³-hybridized carbons (Fsp3) is 0.143. The van der Waals surface area contributed by atoms with Gasteiger partial charge in [0.2, 0.25) is 0 Å². The quantitative estimate of drug-likeness (QED) is 0.884. The Hall–Kier alpha value is -1.26. The van der Waals surface area contributed by atoms with Crippen LogP contribution in [0.1, 0.15) is 22.8 Å². The fourth-order valence-electron chi connectivity index (χ4n) is 1.68. The molecule has 0 heterocycles. The normalized spacial score (nSPS) is 12.5. The van der Waals surface area contributed by atoms with E-state index in [4.69, 9.17) is 0 Å². The molecule has 1 N–H and O–H groups in total. The summed E-state index contributed by atoms with van der Waals surface area (Å²) in [6.07, 6.45) is -1.11. The Labute approximate surface area is 112 Å². The SMILES string of the molecule is Cc1ccc(C(O)c2ccc(F)cc2F)cc1Br. The van der Waals surface area contributed by atoms with E-state index in [1.165, 1.54) is 6.07 Å². The molecule has 0 radical (unpaired) electrons.